The molecule has 0 unspecified atom stereocenters. The summed E-state index contributed by atoms with van der Waals surface area (Å²) in [7, 11) is 0. The molecule has 1 amide bonds. The van der Waals surface area contributed by atoms with Gasteiger partial charge in [0.2, 0.25) is 5.91 Å². The highest BCUT2D eigenvalue weighted by Crippen LogP contribution is 2.16. The van der Waals surface area contributed by atoms with Gasteiger partial charge >= 0.3 is 0 Å². The summed E-state index contributed by atoms with van der Waals surface area (Å²) in [4.78, 5) is 10.5. The molecule has 1 aliphatic heterocycles. The van der Waals surface area contributed by atoms with Crippen LogP contribution >= 0.6 is 12.6 Å². The number of hydrogen-bond acceptors (Lipinski definition) is 3. The van der Waals surface area contributed by atoms with Crippen molar-refractivity contribution in [2.75, 3.05) is 24.7 Å². The number of benzene rings is 1. The van der Waals surface area contributed by atoms with Crippen molar-refractivity contribution in [2.24, 2.45) is 0 Å². The van der Waals surface area contributed by atoms with Gasteiger partial charge in [-0.25, -0.2) is 13.2 Å². The standard InChI is InChI=1S/C8H6F3NO.C4H9N.CH4S/c1-4(13)12-5-2-6(9)8(11)7(10)3-5;1-2-4-5-3-1;1-2/h2-3H,1H3,(H,12,13);5H,1-4H2;2H,1H3. The van der Waals surface area contributed by atoms with Crippen molar-refractivity contribution in [3.63, 3.8) is 0 Å². The van der Waals surface area contributed by atoms with Gasteiger partial charge in [0.15, 0.2) is 17.5 Å². The normalized spacial score (nSPS) is 12.7. The molecule has 0 atom stereocenters. The zero-order valence-corrected chi connectivity index (χ0v) is 12.4. The highest BCUT2D eigenvalue weighted by Gasteiger charge is 2.10. The molecule has 0 bridgehead atoms. The summed E-state index contributed by atoms with van der Waals surface area (Å²) in [6.07, 6.45) is 4.47. The Morgan fingerprint density at radius 2 is 1.60 bits per heavy atom. The fraction of sp³-hybridized carbons (Fsp3) is 0.462. The first kappa shape index (κ1) is 18.8. The number of carbonyl (C=O) groups is 1. The van der Waals surface area contributed by atoms with E-state index in [1.54, 1.807) is 6.26 Å². The third-order valence-electron chi connectivity index (χ3n) is 2.26. The number of hydrogen-bond donors (Lipinski definition) is 3. The van der Waals surface area contributed by atoms with Crippen LogP contribution in [0, 0.1) is 17.5 Å². The third kappa shape index (κ3) is 7.40. The van der Waals surface area contributed by atoms with Crippen molar-refractivity contribution < 1.29 is 18.0 Å². The average Bonchev–Trinajstić information content (AvgIpc) is 2.96. The van der Waals surface area contributed by atoms with E-state index in [1.165, 1.54) is 32.9 Å². The van der Waals surface area contributed by atoms with Gasteiger partial charge in [-0.1, -0.05) is 0 Å². The molecule has 0 aromatic heterocycles. The Hall–Kier alpha value is -1.21. The Balaban J connectivity index is 0.000000427. The lowest BCUT2D eigenvalue weighted by molar-refractivity contribution is -0.114. The summed E-state index contributed by atoms with van der Waals surface area (Å²) in [6.45, 7) is 3.68. The van der Waals surface area contributed by atoms with Crippen LogP contribution < -0.4 is 10.6 Å². The summed E-state index contributed by atoms with van der Waals surface area (Å²) < 4.78 is 37.4. The maximum absolute atomic E-state index is 12.5. The monoisotopic (exact) mass is 308 g/mol. The van der Waals surface area contributed by atoms with E-state index < -0.39 is 23.4 Å². The molecular weight excluding hydrogens is 289 g/mol. The lowest BCUT2D eigenvalue weighted by Gasteiger charge is -2.02. The highest BCUT2D eigenvalue weighted by atomic mass is 32.1. The molecule has 0 aliphatic carbocycles. The molecule has 3 nitrogen and oxygen atoms in total. The van der Waals surface area contributed by atoms with E-state index in [0.717, 1.165) is 0 Å². The predicted molar refractivity (Wildman–Crippen MR) is 77.6 cm³/mol. The molecule has 1 aromatic rings. The topological polar surface area (TPSA) is 41.1 Å². The van der Waals surface area contributed by atoms with Crippen LogP contribution in [0.1, 0.15) is 19.8 Å². The van der Waals surface area contributed by atoms with Crippen molar-refractivity contribution in [1.29, 1.82) is 0 Å². The minimum atomic E-state index is -1.55. The first-order chi connectivity index (χ1) is 9.50. The summed E-state index contributed by atoms with van der Waals surface area (Å²) >= 11 is 3.53. The van der Waals surface area contributed by atoms with Gasteiger partial charge in [0.25, 0.3) is 0 Å². The van der Waals surface area contributed by atoms with E-state index in [9.17, 15) is 18.0 Å². The molecule has 1 aliphatic rings. The van der Waals surface area contributed by atoms with Crippen LogP contribution in [0.3, 0.4) is 0 Å². The summed E-state index contributed by atoms with van der Waals surface area (Å²) in [6, 6.07) is 1.42. The third-order valence-corrected chi connectivity index (χ3v) is 2.26. The number of rotatable bonds is 1. The largest absolute Gasteiger partial charge is 0.326 e. The van der Waals surface area contributed by atoms with E-state index >= 15 is 0 Å². The maximum Gasteiger partial charge on any atom is 0.221 e. The summed E-state index contributed by atoms with van der Waals surface area (Å²) in [5, 5.41) is 5.35. The quantitative estimate of drug-likeness (QED) is 0.551. The zero-order chi connectivity index (χ0) is 15.5. The fourth-order valence-electron chi connectivity index (χ4n) is 1.46. The van der Waals surface area contributed by atoms with Gasteiger partial charge in [0.05, 0.1) is 0 Å². The number of amides is 1. The van der Waals surface area contributed by atoms with Crippen molar-refractivity contribution in [3.05, 3.63) is 29.6 Å². The minimum absolute atomic E-state index is 0.107. The molecule has 1 aromatic carbocycles. The predicted octanol–water partition coefficient (Wildman–Crippen LogP) is 2.98. The highest BCUT2D eigenvalue weighted by molar-refractivity contribution is 7.79. The van der Waals surface area contributed by atoms with Crippen molar-refractivity contribution in [2.45, 2.75) is 19.8 Å². The summed E-state index contributed by atoms with van der Waals surface area (Å²) in [5.74, 6) is -4.69. The number of anilines is 1. The number of carbonyl (C=O) groups excluding carboxylic acids is 1. The Bertz CT molecular complexity index is 395. The van der Waals surface area contributed by atoms with Crippen LogP contribution in [0.25, 0.3) is 0 Å². The SMILES string of the molecule is C1CCNC1.CC(=O)Nc1cc(F)c(F)c(F)c1.CS. The van der Waals surface area contributed by atoms with Gasteiger partial charge in [-0.3, -0.25) is 4.79 Å². The van der Waals surface area contributed by atoms with Crippen LogP contribution in [-0.2, 0) is 4.79 Å². The molecule has 2 N–H and O–H groups in total. The van der Waals surface area contributed by atoms with Crippen LogP contribution in [-0.4, -0.2) is 25.3 Å². The number of nitrogens with one attached hydrogen (secondary N) is 2. The maximum atomic E-state index is 12.5. The Kier molecular flexibility index (Phi) is 9.92. The molecule has 1 saturated heterocycles. The molecule has 0 radical (unpaired) electrons. The Labute approximate surface area is 122 Å². The van der Waals surface area contributed by atoms with Gasteiger partial charge in [0, 0.05) is 24.7 Å². The number of thiol groups is 1. The van der Waals surface area contributed by atoms with Crippen molar-refractivity contribution in [1.82, 2.24) is 5.32 Å². The lowest BCUT2D eigenvalue weighted by atomic mass is 10.3. The minimum Gasteiger partial charge on any atom is -0.326 e. The second-order valence-electron chi connectivity index (χ2n) is 3.89. The Morgan fingerprint density at radius 1 is 1.15 bits per heavy atom. The average molecular weight is 308 g/mol. The van der Waals surface area contributed by atoms with Crippen LogP contribution in [0.5, 0.6) is 0 Å². The second kappa shape index (κ2) is 10.6. The fourth-order valence-corrected chi connectivity index (χ4v) is 1.46. The molecular formula is C13H19F3N2OS. The molecule has 0 spiro atoms. The molecule has 7 heteroatoms. The first-order valence-electron chi connectivity index (χ1n) is 6.08. The molecule has 1 heterocycles. The lowest BCUT2D eigenvalue weighted by Crippen LogP contribution is -2.07. The van der Waals surface area contributed by atoms with Gasteiger partial charge in [-0.2, -0.15) is 12.6 Å². The van der Waals surface area contributed by atoms with Crippen LogP contribution in [0.2, 0.25) is 0 Å². The zero-order valence-electron chi connectivity index (χ0n) is 11.5. The van der Waals surface area contributed by atoms with Gasteiger partial charge in [-0.05, 0) is 32.2 Å². The number of halogens is 3. The summed E-state index contributed by atoms with van der Waals surface area (Å²) in [5.41, 5.74) is -0.107. The molecule has 0 saturated carbocycles. The van der Waals surface area contributed by atoms with E-state index in [0.29, 0.717) is 12.1 Å². The molecule has 114 valence electrons. The van der Waals surface area contributed by atoms with Gasteiger partial charge in [0.1, 0.15) is 0 Å². The van der Waals surface area contributed by atoms with E-state index in [-0.39, 0.29) is 5.69 Å². The van der Waals surface area contributed by atoms with Gasteiger partial charge < -0.3 is 10.6 Å². The van der Waals surface area contributed by atoms with E-state index in [1.807, 2.05) is 0 Å². The molecule has 20 heavy (non-hydrogen) atoms. The second-order valence-corrected chi connectivity index (χ2v) is 3.89. The Morgan fingerprint density at radius 3 is 1.90 bits per heavy atom. The van der Waals surface area contributed by atoms with Crippen LogP contribution in [0.15, 0.2) is 12.1 Å². The van der Waals surface area contributed by atoms with Gasteiger partial charge in [-0.15, -0.1) is 0 Å². The molecule has 2 rings (SSSR count). The van der Waals surface area contributed by atoms with Crippen LogP contribution in [0.4, 0.5) is 18.9 Å². The van der Waals surface area contributed by atoms with Crippen molar-refractivity contribution in [3.8, 4) is 0 Å². The van der Waals surface area contributed by atoms with Crippen molar-refractivity contribution >= 4 is 24.2 Å². The van der Waals surface area contributed by atoms with E-state index in [2.05, 4.69) is 23.3 Å². The molecule has 1 fully saturated rings. The smallest absolute Gasteiger partial charge is 0.221 e. The first-order valence-corrected chi connectivity index (χ1v) is 6.97. The van der Waals surface area contributed by atoms with E-state index in [4.69, 9.17) is 0 Å².